The van der Waals surface area contributed by atoms with Crippen LogP contribution in [-0.4, -0.2) is 22.4 Å². The Hall–Kier alpha value is -2.10. The van der Waals surface area contributed by atoms with Crippen LogP contribution in [0.2, 0.25) is 0 Å². The van der Waals surface area contributed by atoms with Crippen molar-refractivity contribution in [3.8, 4) is 5.75 Å². The van der Waals surface area contributed by atoms with Gasteiger partial charge in [-0.15, -0.1) is 0 Å². The van der Waals surface area contributed by atoms with Crippen LogP contribution in [0.4, 0.5) is 0 Å². The van der Waals surface area contributed by atoms with Crippen LogP contribution in [0.25, 0.3) is 0 Å². The molecule has 0 spiro atoms. The van der Waals surface area contributed by atoms with Crippen LogP contribution < -0.4 is 4.74 Å². The minimum atomic E-state index is 0.162. The maximum Gasteiger partial charge on any atom is 0.164 e. The molecule has 0 amide bonds. The maximum atomic E-state index is 11.6. The zero-order valence-electron chi connectivity index (χ0n) is 12.4. The van der Waals surface area contributed by atoms with Gasteiger partial charge in [0.15, 0.2) is 5.78 Å². The van der Waals surface area contributed by atoms with Crippen LogP contribution in [0, 0.1) is 13.8 Å². The zero-order chi connectivity index (χ0) is 14.7. The molecule has 2 aromatic heterocycles. The Morgan fingerprint density at radius 2 is 2.15 bits per heavy atom. The lowest BCUT2D eigenvalue weighted by Gasteiger charge is -2.12. The number of nitrogens with zero attached hydrogens (tertiary/aromatic N) is 2. The zero-order valence-corrected chi connectivity index (χ0v) is 12.4. The summed E-state index contributed by atoms with van der Waals surface area (Å²) in [6, 6.07) is 1.85. The second-order valence-corrected chi connectivity index (χ2v) is 4.90. The molecule has 2 heterocycles. The minimum absolute atomic E-state index is 0.162. The van der Waals surface area contributed by atoms with Crippen LogP contribution in [0.1, 0.15) is 40.5 Å². The predicted molar refractivity (Wildman–Crippen MR) is 78.4 cm³/mol. The summed E-state index contributed by atoms with van der Waals surface area (Å²) < 4.78 is 7.39. The number of hydrogen-bond donors (Lipinski definition) is 0. The number of methoxy groups -OCH3 is 1. The van der Waals surface area contributed by atoms with Gasteiger partial charge in [0.25, 0.3) is 0 Å². The molecule has 2 rings (SSSR count). The van der Waals surface area contributed by atoms with Gasteiger partial charge in [0, 0.05) is 41.7 Å². The number of Topliss-reactive ketones (excluding diaryl/α,β-unsaturated/α-hetero) is 1. The number of aryl methyl sites for hydroxylation is 1. The van der Waals surface area contributed by atoms with Crippen LogP contribution in [0.3, 0.4) is 0 Å². The lowest BCUT2D eigenvalue weighted by atomic mass is 10.1. The molecule has 0 atom stereocenters. The van der Waals surface area contributed by atoms with Crippen molar-refractivity contribution in [2.24, 2.45) is 0 Å². The van der Waals surface area contributed by atoms with Gasteiger partial charge in [0.1, 0.15) is 5.75 Å². The highest BCUT2D eigenvalue weighted by atomic mass is 16.5. The molecule has 20 heavy (non-hydrogen) atoms. The third-order valence-electron chi connectivity index (χ3n) is 3.48. The summed E-state index contributed by atoms with van der Waals surface area (Å²) >= 11 is 0. The van der Waals surface area contributed by atoms with E-state index in [1.54, 1.807) is 7.11 Å². The molecule has 0 unspecified atom stereocenters. The van der Waals surface area contributed by atoms with Crippen LogP contribution in [0.15, 0.2) is 24.7 Å². The van der Waals surface area contributed by atoms with Gasteiger partial charge in [-0.1, -0.05) is 6.92 Å². The van der Waals surface area contributed by atoms with Crippen LogP contribution in [0.5, 0.6) is 5.75 Å². The number of hydrogen-bond acceptors (Lipinski definition) is 3. The minimum Gasteiger partial charge on any atom is -0.496 e. The van der Waals surface area contributed by atoms with E-state index in [0.29, 0.717) is 13.0 Å². The van der Waals surface area contributed by atoms with Crippen molar-refractivity contribution in [1.29, 1.82) is 0 Å². The topological polar surface area (TPSA) is 44.1 Å². The van der Waals surface area contributed by atoms with Crippen molar-refractivity contribution in [1.82, 2.24) is 9.55 Å². The smallest absolute Gasteiger partial charge is 0.164 e. The summed E-state index contributed by atoms with van der Waals surface area (Å²) in [6.45, 7) is 6.50. The summed E-state index contributed by atoms with van der Waals surface area (Å²) in [4.78, 5) is 16.1. The highest BCUT2D eigenvalue weighted by Gasteiger charge is 2.11. The summed E-state index contributed by atoms with van der Waals surface area (Å²) in [5.41, 5.74) is 3.79. The second-order valence-electron chi connectivity index (χ2n) is 4.90. The molecule has 0 fully saturated rings. The van der Waals surface area contributed by atoms with Crippen LogP contribution >= 0.6 is 0 Å². The number of pyridine rings is 1. The molecule has 0 aliphatic carbocycles. The summed E-state index contributed by atoms with van der Waals surface area (Å²) in [6.07, 6.45) is 6.14. The second kappa shape index (κ2) is 5.90. The first kappa shape index (κ1) is 14.3. The molecule has 4 heteroatoms. The maximum absolute atomic E-state index is 11.6. The Bertz CT molecular complexity index is 629. The standard InChI is InChI=1S/C16H20N2O2/c1-5-15(19)13-6-7-18(9-13)10-14-12(3)16(20-4)11(2)8-17-14/h6-9H,5,10H2,1-4H3. The first-order valence-electron chi connectivity index (χ1n) is 6.74. The van der Waals surface area contributed by atoms with Crippen LogP contribution in [-0.2, 0) is 6.54 Å². The third-order valence-corrected chi connectivity index (χ3v) is 3.48. The Labute approximate surface area is 119 Å². The molecule has 0 saturated carbocycles. The molecule has 0 N–H and O–H groups in total. The fourth-order valence-corrected chi connectivity index (χ4v) is 2.31. The first-order chi connectivity index (χ1) is 9.56. The lowest BCUT2D eigenvalue weighted by molar-refractivity contribution is 0.0988. The van der Waals surface area contributed by atoms with Crippen molar-refractivity contribution >= 4 is 5.78 Å². The van der Waals surface area contributed by atoms with E-state index in [9.17, 15) is 4.79 Å². The number of rotatable bonds is 5. The molecule has 0 radical (unpaired) electrons. The van der Waals surface area contributed by atoms with Gasteiger partial charge >= 0.3 is 0 Å². The number of ether oxygens (including phenoxy) is 1. The van der Waals surface area contributed by atoms with E-state index < -0.39 is 0 Å². The molecule has 0 aliphatic rings. The van der Waals surface area contributed by atoms with Gasteiger partial charge in [0.05, 0.1) is 19.3 Å². The Morgan fingerprint density at radius 1 is 1.40 bits per heavy atom. The summed E-state index contributed by atoms with van der Waals surface area (Å²) in [7, 11) is 1.67. The molecular formula is C16H20N2O2. The number of ketones is 1. The molecule has 0 bridgehead atoms. The fraction of sp³-hybridized carbons (Fsp3) is 0.375. The monoisotopic (exact) mass is 272 g/mol. The normalized spacial score (nSPS) is 10.6. The van der Waals surface area contributed by atoms with Gasteiger partial charge in [-0.3, -0.25) is 9.78 Å². The van der Waals surface area contributed by atoms with Crippen molar-refractivity contribution in [2.45, 2.75) is 33.7 Å². The fourth-order valence-electron chi connectivity index (χ4n) is 2.31. The average molecular weight is 272 g/mol. The van der Waals surface area contributed by atoms with E-state index in [1.165, 1.54) is 0 Å². The third kappa shape index (κ3) is 2.74. The van der Waals surface area contributed by atoms with Crippen molar-refractivity contribution in [2.75, 3.05) is 7.11 Å². The average Bonchev–Trinajstić information content (AvgIpc) is 2.90. The number of carbonyl (C=O) groups is 1. The highest BCUT2D eigenvalue weighted by molar-refractivity contribution is 5.95. The summed E-state index contributed by atoms with van der Waals surface area (Å²) in [5, 5.41) is 0. The van der Waals surface area contributed by atoms with Crippen molar-refractivity contribution in [3.63, 3.8) is 0 Å². The van der Waals surface area contributed by atoms with Gasteiger partial charge in [0.2, 0.25) is 0 Å². The molecule has 0 saturated heterocycles. The van der Waals surface area contributed by atoms with Gasteiger partial charge in [-0.25, -0.2) is 0 Å². The molecule has 2 aromatic rings. The number of aromatic nitrogens is 2. The Kier molecular flexibility index (Phi) is 4.23. The molecule has 4 nitrogen and oxygen atoms in total. The van der Waals surface area contributed by atoms with E-state index in [1.807, 2.05) is 50.0 Å². The Balaban J connectivity index is 2.26. The largest absolute Gasteiger partial charge is 0.496 e. The van der Waals surface area contributed by atoms with Crippen molar-refractivity contribution < 1.29 is 9.53 Å². The molecule has 0 aromatic carbocycles. The molecular weight excluding hydrogens is 252 g/mol. The first-order valence-corrected chi connectivity index (χ1v) is 6.74. The molecule has 106 valence electrons. The van der Waals surface area contributed by atoms with Gasteiger partial charge in [-0.05, 0) is 19.9 Å². The number of carbonyl (C=O) groups excluding carboxylic acids is 1. The lowest BCUT2D eigenvalue weighted by Crippen LogP contribution is -2.05. The molecule has 0 aliphatic heterocycles. The van der Waals surface area contributed by atoms with Gasteiger partial charge < -0.3 is 9.30 Å². The van der Waals surface area contributed by atoms with Gasteiger partial charge in [-0.2, -0.15) is 0 Å². The van der Waals surface area contributed by atoms with E-state index >= 15 is 0 Å². The SMILES string of the molecule is CCC(=O)c1ccn(Cc2ncc(C)c(OC)c2C)c1. The van der Waals surface area contributed by atoms with E-state index in [0.717, 1.165) is 28.1 Å². The Morgan fingerprint density at radius 3 is 2.80 bits per heavy atom. The van der Waals surface area contributed by atoms with E-state index in [4.69, 9.17) is 4.74 Å². The van der Waals surface area contributed by atoms with Crippen molar-refractivity contribution in [3.05, 3.63) is 47.0 Å². The quantitative estimate of drug-likeness (QED) is 0.785. The highest BCUT2D eigenvalue weighted by Crippen LogP contribution is 2.24. The van der Waals surface area contributed by atoms with E-state index in [2.05, 4.69) is 4.98 Å². The van der Waals surface area contributed by atoms with E-state index in [-0.39, 0.29) is 5.78 Å². The predicted octanol–water partition coefficient (Wildman–Crippen LogP) is 3.15. The summed E-state index contributed by atoms with van der Waals surface area (Å²) in [5.74, 6) is 1.04.